The molecule has 1 heterocycles. The van der Waals surface area contributed by atoms with Gasteiger partial charge in [-0.3, -0.25) is 9.79 Å². The van der Waals surface area contributed by atoms with E-state index in [0.717, 1.165) is 64.4 Å². The van der Waals surface area contributed by atoms with Crippen molar-refractivity contribution in [1.82, 2.24) is 4.57 Å². The first-order valence-corrected chi connectivity index (χ1v) is 15.1. The molecule has 1 aromatic heterocycles. The van der Waals surface area contributed by atoms with Crippen LogP contribution < -0.4 is 5.56 Å². The van der Waals surface area contributed by atoms with Gasteiger partial charge in [0, 0.05) is 29.9 Å². The quantitative estimate of drug-likeness (QED) is 0.262. The fraction of sp³-hybridized carbons (Fsp3) is 0.351. The number of rotatable bonds is 4. The van der Waals surface area contributed by atoms with Crippen molar-refractivity contribution in [2.45, 2.75) is 78.9 Å². The zero-order chi connectivity index (χ0) is 29.3. The van der Waals surface area contributed by atoms with E-state index >= 15 is 0 Å². The van der Waals surface area contributed by atoms with Gasteiger partial charge in [0.25, 0.3) is 5.56 Å². The number of fused-ring (bicyclic) bond motifs is 6. The monoisotopic (exact) mass is 546 g/mol. The Balaban J connectivity index is 0.00000165. The maximum Gasteiger partial charge on any atom is 0.251 e. The van der Waals surface area contributed by atoms with Gasteiger partial charge in [0.15, 0.2) is 0 Å². The number of nitrogens with zero attached hydrogens (tertiary/aromatic N) is 2. The second-order valence-corrected chi connectivity index (χ2v) is 11.6. The molecule has 41 heavy (non-hydrogen) atoms. The van der Waals surface area contributed by atoms with Gasteiger partial charge in [0.1, 0.15) is 5.60 Å². The van der Waals surface area contributed by atoms with Crippen LogP contribution in [-0.2, 0) is 18.4 Å². The Hall–Kier alpha value is -3.76. The number of hydrogen-bond acceptors (Lipinski definition) is 3. The minimum atomic E-state index is -1.38. The molecule has 6 bridgehead atoms. The molecule has 3 aromatic carbocycles. The van der Waals surface area contributed by atoms with Crippen LogP contribution in [0.5, 0.6) is 0 Å². The molecule has 1 saturated carbocycles. The van der Waals surface area contributed by atoms with Crippen LogP contribution in [0.2, 0.25) is 0 Å². The summed E-state index contributed by atoms with van der Waals surface area (Å²) >= 11 is 0. The highest BCUT2D eigenvalue weighted by atomic mass is 16.3. The smallest absolute Gasteiger partial charge is 0.251 e. The lowest BCUT2D eigenvalue weighted by atomic mass is 9.79. The topological polar surface area (TPSA) is 54.6 Å². The lowest BCUT2D eigenvalue weighted by Gasteiger charge is -2.31. The molecular formula is C37H42N2O2. The molecule has 0 spiro atoms. The molecule has 4 nitrogen and oxygen atoms in total. The van der Waals surface area contributed by atoms with E-state index in [4.69, 9.17) is 0 Å². The second kappa shape index (κ2) is 11.6. The molecular weight excluding hydrogens is 504 g/mol. The average molecular weight is 547 g/mol. The Morgan fingerprint density at radius 2 is 1.73 bits per heavy atom. The first-order chi connectivity index (χ1) is 19.8. The number of aliphatic hydroxyl groups is 1. The minimum absolute atomic E-state index is 0.0408. The van der Waals surface area contributed by atoms with E-state index in [1.54, 1.807) is 12.3 Å². The largest absolute Gasteiger partial charge is 0.376 e. The van der Waals surface area contributed by atoms with Crippen LogP contribution in [-0.4, -0.2) is 15.9 Å². The van der Waals surface area contributed by atoms with E-state index in [-0.39, 0.29) is 11.6 Å². The number of aryl methyl sites for hydroxylation is 3. The van der Waals surface area contributed by atoms with Crippen LogP contribution in [0.25, 0.3) is 22.0 Å². The summed E-state index contributed by atoms with van der Waals surface area (Å²) in [7, 11) is 0. The zero-order valence-corrected chi connectivity index (χ0v) is 25.2. The van der Waals surface area contributed by atoms with E-state index in [1.165, 1.54) is 16.7 Å². The van der Waals surface area contributed by atoms with E-state index in [9.17, 15) is 9.90 Å². The molecule has 2 aliphatic carbocycles. The van der Waals surface area contributed by atoms with Crippen molar-refractivity contribution in [1.29, 1.82) is 0 Å². The normalized spacial score (nSPS) is 18.6. The lowest BCUT2D eigenvalue weighted by molar-refractivity contribution is 0.121. The fourth-order valence-electron chi connectivity index (χ4n) is 5.91. The Morgan fingerprint density at radius 1 is 1.00 bits per heavy atom. The summed E-state index contributed by atoms with van der Waals surface area (Å²) in [4.78, 5) is 18.0. The van der Waals surface area contributed by atoms with Crippen LogP contribution in [0, 0.1) is 12.8 Å². The van der Waals surface area contributed by atoms with Gasteiger partial charge >= 0.3 is 0 Å². The summed E-state index contributed by atoms with van der Waals surface area (Å²) in [6, 6.07) is 23.0. The number of pyridine rings is 1. The van der Waals surface area contributed by atoms with E-state index in [1.807, 2.05) is 49.8 Å². The highest BCUT2D eigenvalue weighted by Gasteiger charge is 2.35. The standard InChI is InChI=1S/C35H36N2O2.C2H6/c1-22(2)20-36-21-24(4)35(39)28-11-8-23(3)26(17-28)10-9-25-6-5-7-27(16-25)31-19-34(38)37(30-13-14-30)33-15-12-29(35)18-32(31)33;1-2/h5-8,11-12,15-22,30,39H,9-10,13-14H2,1-4H3;1-2H3/b24-21+,36-20?;. The molecule has 1 N–H and O–H groups in total. The average Bonchev–Trinajstić information content (AvgIpc) is 3.81. The number of aliphatic imine (C=N–C) groups is 1. The SMILES string of the molecule is C/C(=C\N=CC(C)C)C1(O)c2ccc(C)c(c2)CCc2cccc(c2)-c2cc(=O)n(C3CC3)c3ccc1cc23.CC. The van der Waals surface area contributed by atoms with Gasteiger partial charge in [0.2, 0.25) is 0 Å². The maximum atomic E-state index is 13.4. The highest BCUT2D eigenvalue weighted by molar-refractivity contribution is 5.95. The van der Waals surface area contributed by atoms with E-state index < -0.39 is 5.60 Å². The van der Waals surface area contributed by atoms with Crippen molar-refractivity contribution in [3.8, 4) is 11.1 Å². The predicted molar refractivity (Wildman–Crippen MR) is 172 cm³/mol. The van der Waals surface area contributed by atoms with Crippen molar-refractivity contribution in [3.05, 3.63) is 117 Å². The molecule has 1 atom stereocenters. The minimum Gasteiger partial charge on any atom is -0.376 e. The maximum absolute atomic E-state index is 13.4. The third kappa shape index (κ3) is 5.46. The molecule has 0 radical (unpaired) electrons. The summed E-state index contributed by atoms with van der Waals surface area (Å²) < 4.78 is 1.95. The molecule has 0 amide bonds. The number of aromatic nitrogens is 1. The van der Waals surface area contributed by atoms with Gasteiger partial charge < -0.3 is 9.67 Å². The van der Waals surface area contributed by atoms with Crippen LogP contribution >= 0.6 is 0 Å². The van der Waals surface area contributed by atoms with Crippen LogP contribution in [0.15, 0.2) is 88.3 Å². The van der Waals surface area contributed by atoms with Gasteiger partial charge in [-0.25, -0.2) is 0 Å². The van der Waals surface area contributed by atoms with Gasteiger partial charge in [0.05, 0.1) is 5.52 Å². The van der Waals surface area contributed by atoms with Crippen molar-refractivity contribution in [2.75, 3.05) is 0 Å². The van der Waals surface area contributed by atoms with Crippen molar-refractivity contribution in [2.24, 2.45) is 10.9 Å². The molecule has 6 rings (SSSR count). The lowest BCUT2D eigenvalue weighted by Crippen LogP contribution is -2.29. The van der Waals surface area contributed by atoms with Gasteiger partial charge in [-0.15, -0.1) is 0 Å². The van der Waals surface area contributed by atoms with Gasteiger partial charge in [-0.2, -0.15) is 0 Å². The first kappa shape index (κ1) is 28.8. The third-order valence-corrected chi connectivity index (χ3v) is 8.29. The molecule has 4 heteroatoms. The Morgan fingerprint density at radius 3 is 2.46 bits per heavy atom. The van der Waals surface area contributed by atoms with Crippen LogP contribution in [0.3, 0.4) is 0 Å². The van der Waals surface area contributed by atoms with E-state index in [2.05, 4.69) is 68.2 Å². The summed E-state index contributed by atoms with van der Waals surface area (Å²) in [5.74, 6) is 0.312. The third-order valence-electron chi connectivity index (χ3n) is 8.29. The molecule has 4 aromatic rings. The molecule has 0 aliphatic heterocycles. The van der Waals surface area contributed by atoms with Gasteiger partial charge in [-0.05, 0) is 102 Å². The zero-order valence-electron chi connectivity index (χ0n) is 25.2. The Labute approximate surface area is 244 Å². The summed E-state index contributed by atoms with van der Waals surface area (Å²) in [5.41, 5.74) is 7.57. The highest BCUT2D eigenvalue weighted by Crippen LogP contribution is 2.42. The van der Waals surface area contributed by atoms with Crippen molar-refractivity contribution in [3.63, 3.8) is 0 Å². The fourth-order valence-corrected chi connectivity index (χ4v) is 5.91. The van der Waals surface area contributed by atoms with Gasteiger partial charge in [-0.1, -0.05) is 76.2 Å². The number of benzene rings is 3. The van der Waals surface area contributed by atoms with E-state index in [0.29, 0.717) is 5.92 Å². The van der Waals surface area contributed by atoms with Crippen LogP contribution in [0.4, 0.5) is 0 Å². The first-order valence-electron chi connectivity index (χ1n) is 15.1. The summed E-state index contributed by atoms with van der Waals surface area (Å²) in [5, 5.41) is 13.7. The molecule has 2 aliphatic rings. The van der Waals surface area contributed by atoms with Crippen LogP contribution in [0.1, 0.15) is 81.3 Å². The predicted octanol–water partition coefficient (Wildman–Crippen LogP) is 8.30. The Bertz CT molecular complexity index is 1700. The second-order valence-electron chi connectivity index (χ2n) is 11.6. The summed E-state index contributed by atoms with van der Waals surface area (Å²) in [6.45, 7) is 12.3. The molecule has 1 unspecified atom stereocenters. The van der Waals surface area contributed by atoms with Crippen molar-refractivity contribution < 1.29 is 5.11 Å². The Kier molecular flexibility index (Phi) is 8.15. The molecule has 0 saturated heterocycles. The number of hydrogen-bond donors (Lipinski definition) is 1. The molecule has 212 valence electrons. The molecule has 1 fully saturated rings. The van der Waals surface area contributed by atoms with Crippen molar-refractivity contribution >= 4 is 17.1 Å². The summed E-state index contributed by atoms with van der Waals surface area (Å²) in [6.07, 6.45) is 7.48.